The van der Waals surface area contributed by atoms with Crippen molar-refractivity contribution in [2.75, 3.05) is 18.8 Å². The summed E-state index contributed by atoms with van der Waals surface area (Å²) in [6.45, 7) is 6.34. The Balaban J connectivity index is 2.36. The molecule has 5 nitrogen and oxygen atoms in total. The van der Waals surface area contributed by atoms with E-state index in [4.69, 9.17) is 0 Å². The highest BCUT2D eigenvalue weighted by atomic mass is 32.2. The monoisotopic (exact) mass is 309 g/mol. The molecule has 3 amide bonds. The van der Waals surface area contributed by atoms with E-state index in [2.05, 4.69) is 35.0 Å². The summed E-state index contributed by atoms with van der Waals surface area (Å²) in [5.41, 5.74) is 1.06. The number of thioether (sulfide) groups is 1. The number of carbonyl (C=O) groups is 2. The van der Waals surface area contributed by atoms with Crippen molar-refractivity contribution in [3.05, 3.63) is 29.8 Å². The molecule has 1 aromatic carbocycles. The lowest BCUT2D eigenvalue weighted by Gasteiger charge is -2.15. The molecule has 1 rings (SSSR count). The second-order valence-corrected chi connectivity index (χ2v) is 5.94. The quantitative estimate of drug-likeness (QED) is 0.534. The van der Waals surface area contributed by atoms with Gasteiger partial charge < -0.3 is 16.0 Å². The summed E-state index contributed by atoms with van der Waals surface area (Å²) in [7, 11) is 0. The Kier molecular flexibility index (Phi) is 7.68. The molecule has 0 unspecified atom stereocenters. The summed E-state index contributed by atoms with van der Waals surface area (Å²) >= 11 is 1.79. The standard InChI is InChI=1S/C15H23N3O2S/c1-4-21-14-7-5-13(6-8-14)11(2)18-15(20)17-10-9-16-12(3)19/h5-8,11H,4,9-10H2,1-3H3,(H,16,19)(H2,17,18,20)/t11-/m0/s1. The summed E-state index contributed by atoms with van der Waals surface area (Å²) in [5.74, 6) is 0.944. The number of carbonyl (C=O) groups excluding carboxylic acids is 2. The van der Waals surface area contributed by atoms with E-state index in [0.717, 1.165) is 11.3 Å². The van der Waals surface area contributed by atoms with E-state index in [0.29, 0.717) is 13.1 Å². The first-order valence-corrected chi connectivity index (χ1v) is 8.03. The van der Waals surface area contributed by atoms with Gasteiger partial charge in [0.1, 0.15) is 0 Å². The lowest BCUT2D eigenvalue weighted by molar-refractivity contribution is -0.118. The molecule has 0 bridgehead atoms. The number of urea groups is 1. The van der Waals surface area contributed by atoms with Crippen LogP contribution in [0.2, 0.25) is 0 Å². The lowest BCUT2D eigenvalue weighted by atomic mass is 10.1. The van der Waals surface area contributed by atoms with Crippen LogP contribution in [0.3, 0.4) is 0 Å². The summed E-state index contributed by atoms with van der Waals surface area (Å²) < 4.78 is 0. The largest absolute Gasteiger partial charge is 0.355 e. The first kappa shape index (κ1) is 17.4. The third-order valence-electron chi connectivity index (χ3n) is 2.82. The molecule has 116 valence electrons. The van der Waals surface area contributed by atoms with Crippen LogP contribution in [-0.2, 0) is 4.79 Å². The van der Waals surface area contributed by atoms with Gasteiger partial charge in [-0.1, -0.05) is 19.1 Å². The maximum Gasteiger partial charge on any atom is 0.315 e. The Morgan fingerprint density at radius 3 is 2.33 bits per heavy atom. The van der Waals surface area contributed by atoms with Gasteiger partial charge in [-0.2, -0.15) is 0 Å². The fourth-order valence-electron chi connectivity index (χ4n) is 1.76. The average molecular weight is 309 g/mol. The van der Waals surface area contributed by atoms with Crippen molar-refractivity contribution >= 4 is 23.7 Å². The van der Waals surface area contributed by atoms with Gasteiger partial charge in [-0.3, -0.25) is 4.79 Å². The van der Waals surface area contributed by atoms with Crippen molar-refractivity contribution in [1.82, 2.24) is 16.0 Å². The van der Waals surface area contributed by atoms with Crippen molar-refractivity contribution < 1.29 is 9.59 Å². The van der Waals surface area contributed by atoms with Crippen molar-refractivity contribution in [2.24, 2.45) is 0 Å². The van der Waals surface area contributed by atoms with Crippen LogP contribution in [0.1, 0.15) is 32.4 Å². The van der Waals surface area contributed by atoms with Crippen LogP contribution >= 0.6 is 11.8 Å². The van der Waals surface area contributed by atoms with Crippen LogP contribution in [0, 0.1) is 0 Å². The summed E-state index contributed by atoms with van der Waals surface area (Å²) in [6, 6.07) is 7.89. The van der Waals surface area contributed by atoms with Crippen molar-refractivity contribution in [3.8, 4) is 0 Å². The van der Waals surface area contributed by atoms with E-state index < -0.39 is 0 Å². The Morgan fingerprint density at radius 1 is 1.14 bits per heavy atom. The smallest absolute Gasteiger partial charge is 0.315 e. The fourth-order valence-corrected chi connectivity index (χ4v) is 2.43. The molecule has 0 aliphatic carbocycles. The van der Waals surface area contributed by atoms with Gasteiger partial charge in [-0.05, 0) is 30.4 Å². The highest BCUT2D eigenvalue weighted by molar-refractivity contribution is 7.99. The highest BCUT2D eigenvalue weighted by Gasteiger charge is 2.08. The normalized spacial score (nSPS) is 11.6. The maximum atomic E-state index is 11.7. The Hall–Kier alpha value is -1.69. The number of hydrogen-bond donors (Lipinski definition) is 3. The van der Waals surface area contributed by atoms with Crippen molar-refractivity contribution in [3.63, 3.8) is 0 Å². The van der Waals surface area contributed by atoms with E-state index in [1.807, 2.05) is 19.1 Å². The Morgan fingerprint density at radius 2 is 1.76 bits per heavy atom. The third kappa shape index (κ3) is 7.04. The second-order valence-electron chi connectivity index (χ2n) is 4.61. The summed E-state index contributed by atoms with van der Waals surface area (Å²) in [5, 5.41) is 8.19. The number of hydrogen-bond acceptors (Lipinski definition) is 3. The zero-order valence-corrected chi connectivity index (χ0v) is 13.5. The van der Waals surface area contributed by atoms with Gasteiger partial charge in [0, 0.05) is 24.9 Å². The maximum absolute atomic E-state index is 11.7. The third-order valence-corrected chi connectivity index (χ3v) is 3.72. The summed E-state index contributed by atoms with van der Waals surface area (Å²) in [4.78, 5) is 23.6. The minimum Gasteiger partial charge on any atom is -0.355 e. The zero-order valence-electron chi connectivity index (χ0n) is 12.7. The Bertz CT molecular complexity index is 462. The molecule has 1 atom stereocenters. The molecule has 0 radical (unpaired) electrons. The van der Waals surface area contributed by atoms with Crippen LogP contribution in [0.4, 0.5) is 4.79 Å². The molecule has 0 aromatic heterocycles. The van der Waals surface area contributed by atoms with E-state index in [1.54, 1.807) is 11.8 Å². The predicted molar refractivity (Wildman–Crippen MR) is 86.5 cm³/mol. The van der Waals surface area contributed by atoms with Gasteiger partial charge in [0.15, 0.2) is 0 Å². The second kappa shape index (κ2) is 9.28. The van der Waals surface area contributed by atoms with E-state index in [9.17, 15) is 9.59 Å². The first-order chi connectivity index (χ1) is 10.0. The van der Waals surface area contributed by atoms with Crippen LogP contribution in [0.25, 0.3) is 0 Å². The topological polar surface area (TPSA) is 70.2 Å². The molecule has 0 aliphatic heterocycles. The predicted octanol–water partition coefficient (Wildman–Crippen LogP) is 2.29. The number of benzene rings is 1. The molecule has 6 heteroatoms. The minimum absolute atomic E-state index is 0.0635. The molecule has 0 saturated heterocycles. The van der Waals surface area contributed by atoms with Gasteiger partial charge in [0.25, 0.3) is 0 Å². The first-order valence-electron chi connectivity index (χ1n) is 7.04. The zero-order chi connectivity index (χ0) is 15.7. The molecule has 0 fully saturated rings. The van der Waals surface area contributed by atoms with Crippen LogP contribution < -0.4 is 16.0 Å². The molecule has 3 N–H and O–H groups in total. The molecule has 0 heterocycles. The average Bonchev–Trinajstić information content (AvgIpc) is 2.44. The molecular formula is C15H23N3O2S. The molecule has 0 saturated carbocycles. The number of rotatable bonds is 7. The van der Waals surface area contributed by atoms with E-state index >= 15 is 0 Å². The van der Waals surface area contributed by atoms with Gasteiger partial charge in [0.05, 0.1) is 6.04 Å². The number of amides is 3. The molecule has 0 spiro atoms. The van der Waals surface area contributed by atoms with E-state index in [-0.39, 0.29) is 18.0 Å². The van der Waals surface area contributed by atoms with Crippen LogP contribution in [0.5, 0.6) is 0 Å². The van der Waals surface area contributed by atoms with Crippen molar-refractivity contribution in [1.29, 1.82) is 0 Å². The SMILES string of the molecule is CCSc1ccc([C@H](C)NC(=O)NCCNC(C)=O)cc1. The van der Waals surface area contributed by atoms with Gasteiger partial charge in [0.2, 0.25) is 5.91 Å². The van der Waals surface area contributed by atoms with Gasteiger partial charge in [-0.15, -0.1) is 11.8 Å². The van der Waals surface area contributed by atoms with Gasteiger partial charge in [-0.25, -0.2) is 4.79 Å². The molecule has 1 aromatic rings. The van der Waals surface area contributed by atoms with Crippen LogP contribution in [-0.4, -0.2) is 30.8 Å². The molecule has 21 heavy (non-hydrogen) atoms. The highest BCUT2D eigenvalue weighted by Crippen LogP contribution is 2.20. The number of nitrogens with one attached hydrogen (secondary N) is 3. The van der Waals surface area contributed by atoms with Crippen molar-refractivity contribution in [2.45, 2.75) is 31.7 Å². The minimum atomic E-state index is -0.236. The van der Waals surface area contributed by atoms with Crippen LogP contribution in [0.15, 0.2) is 29.2 Å². The Labute approximate surface area is 130 Å². The molecular weight excluding hydrogens is 286 g/mol. The summed E-state index contributed by atoms with van der Waals surface area (Å²) in [6.07, 6.45) is 0. The fraction of sp³-hybridized carbons (Fsp3) is 0.467. The lowest BCUT2D eigenvalue weighted by Crippen LogP contribution is -2.40. The van der Waals surface area contributed by atoms with Gasteiger partial charge >= 0.3 is 6.03 Å². The molecule has 0 aliphatic rings. The van der Waals surface area contributed by atoms with E-state index in [1.165, 1.54) is 11.8 Å².